The molecule has 1 heterocycles. The van der Waals surface area contributed by atoms with Gasteiger partial charge >= 0.3 is 12.4 Å². The van der Waals surface area contributed by atoms with E-state index < -0.39 is 23.7 Å². The molecule has 0 saturated heterocycles. The first-order chi connectivity index (χ1) is 8.34. The number of anilines is 1. The van der Waals surface area contributed by atoms with Crippen LogP contribution in [-0.2, 0) is 15.6 Å². The number of hydrazine groups is 1. The lowest BCUT2D eigenvalue weighted by molar-refractivity contribution is -0.461. The number of hydrogen-bond donors (Lipinski definition) is 2. The van der Waals surface area contributed by atoms with Gasteiger partial charge in [0, 0.05) is 0 Å². The summed E-state index contributed by atoms with van der Waals surface area (Å²) in [5.74, 6) is -0.701. The summed E-state index contributed by atoms with van der Waals surface area (Å²) < 4.78 is 59.2. The van der Waals surface area contributed by atoms with Crippen LogP contribution >= 0.6 is 0 Å². The Balaban J connectivity index is 2.37. The predicted molar refractivity (Wildman–Crippen MR) is 49.8 cm³/mol. The largest absolute Gasteiger partial charge is 0.540 e. The molecule has 98 valence electrons. The number of nitrogens with one attached hydrogen (secondary N) is 2. The maximum absolute atomic E-state index is 13.3. The first-order valence-corrected chi connectivity index (χ1v) is 4.58. The third-order valence-electron chi connectivity index (χ3n) is 2.04. The van der Waals surface area contributed by atoms with Gasteiger partial charge in [0.1, 0.15) is 5.75 Å². The Morgan fingerprint density at radius 1 is 1.22 bits per heavy atom. The smallest absolute Gasteiger partial charge is 0.409 e. The normalized spacial score (nSPS) is 19.3. The van der Waals surface area contributed by atoms with Crippen LogP contribution in [-0.4, -0.2) is 12.7 Å². The number of benzene rings is 1. The first kappa shape index (κ1) is 12.4. The number of hydrogen-bond acceptors (Lipinski definition) is 4. The molecule has 18 heavy (non-hydrogen) atoms. The third-order valence-corrected chi connectivity index (χ3v) is 2.04. The topological polar surface area (TPSA) is 59.6 Å². The zero-order chi connectivity index (χ0) is 13.4. The molecule has 2 rings (SSSR count). The highest BCUT2D eigenvalue weighted by Gasteiger charge is 2.54. The fraction of sp³-hybridized carbons (Fsp3) is 0.222. The molecule has 0 atom stereocenters. The van der Waals surface area contributed by atoms with Crippen molar-refractivity contribution in [1.82, 2.24) is 5.43 Å². The predicted octanol–water partition coefficient (Wildman–Crippen LogP) is 1.77. The molecule has 1 amide bonds. The maximum Gasteiger partial charge on any atom is 0.540 e. The summed E-state index contributed by atoms with van der Waals surface area (Å²) in [5, 5.41) is 0. The molecule has 2 N–H and O–H groups in total. The second-order valence-corrected chi connectivity index (χ2v) is 3.28. The van der Waals surface area contributed by atoms with Crippen molar-refractivity contribution in [2.24, 2.45) is 0 Å². The third kappa shape index (κ3) is 2.30. The number of alkyl halides is 4. The van der Waals surface area contributed by atoms with Crippen molar-refractivity contribution in [2.45, 2.75) is 12.4 Å². The van der Waals surface area contributed by atoms with E-state index in [-0.39, 0.29) is 12.1 Å². The molecule has 1 aromatic carbocycles. The molecule has 1 aliphatic heterocycles. The van der Waals surface area contributed by atoms with Gasteiger partial charge in [-0.05, 0) is 18.2 Å². The van der Waals surface area contributed by atoms with Crippen LogP contribution in [0.4, 0.5) is 23.2 Å². The summed E-state index contributed by atoms with van der Waals surface area (Å²) in [6.07, 6.45) is -8.32. The van der Waals surface area contributed by atoms with Crippen LogP contribution in [0.2, 0.25) is 0 Å². The van der Waals surface area contributed by atoms with Crippen LogP contribution in [0, 0.1) is 0 Å². The number of carbonyl (C=O) groups excluding carboxylic acids is 1. The lowest BCUT2D eigenvalue weighted by Gasteiger charge is -2.30. The van der Waals surface area contributed by atoms with Crippen LogP contribution < -0.4 is 15.6 Å². The minimum Gasteiger partial charge on any atom is -0.409 e. The molecule has 0 bridgehead atoms. The summed E-state index contributed by atoms with van der Waals surface area (Å²) >= 11 is 0. The van der Waals surface area contributed by atoms with Gasteiger partial charge in [-0.15, -0.1) is 8.78 Å². The average molecular weight is 266 g/mol. The van der Waals surface area contributed by atoms with Gasteiger partial charge in [-0.2, -0.15) is 8.78 Å². The Kier molecular flexibility index (Phi) is 2.77. The maximum atomic E-state index is 13.3. The summed E-state index contributed by atoms with van der Waals surface area (Å²) in [6, 6.07) is 2.91. The zero-order valence-corrected chi connectivity index (χ0v) is 8.55. The van der Waals surface area contributed by atoms with Crippen molar-refractivity contribution < 1.29 is 31.8 Å². The number of halogens is 4. The molecule has 0 aromatic heterocycles. The Morgan fingerprint density at radius 2 is 1.94 bits per heavy atom. The van der Waals surface area contributed by atoms with E-state index in [1.165, 1.54) is 6.07 Å². The van der Waals surface area contributed by atoms with Gasteiger partial charge in [0.15, 0.2) is 0 Å². The molecule has 0 radical (unpaired) electrons. The van der Waals surface area contributed by atoms with Gasteiger partial charge in [-0.1, -0.05) is 0 Å². The molecule has 0 aliphatic carbocycles. The minimum absolute atomic E-state index is 0.0536. The highest BCUT2D eigenvalue weighted by molar-refractivity contribution is 5.56. The lowest BCUT2D eigenvalue weighted by atomic mass is 10.1. The van der Waals surface area contributed by atoms with E-state index >= 15 is 0 Å². The molecule has 0 fully saturated rings. The van der Waals surface area contributed by atoms with Crippen molar-refractivity contribution >= 4 is 12.1 Å². The first-order valence-electron chi connectivity index (χ1n) is 4.58. The molecule has 0 spiro atoms. The highest BCUT2D eigenvalue weighted by Crippen LogP contribution is 2.46. The monoisotopic (exact) mass is 266 g/mol. The fourth-order valence-corrected chi connectivity index (χ4v) is 1.39. The van der Waals surface area contributed by atoms with Gasteiger partial charge < -0.3 is 4.74 Å². The summed E-state index contributed by atoms with van der Waals surface area (Å²) in [7, 11) is 0. The van der Waals surface area contributed by atoms with Crippen LogP contribution in [0.5, 0.6) is 5.75 Å². The van der Waals surface area contributed by atoms with Crippen molar-refractivity contribution in [3.05, 3.63) is 23.8 Å². The summed E-state index contributed by atoms with van der Waals surface area (Å²) in [4.78, 5) is 10.0. The number of ether oxygens (including phenoxy) is 2. The van der Waals surface area contributed by atoms with E-state index in [9.17, 15) is 22.4 Å². The second kappa shape index (κ2) is 4.02. The molecule has 0 saturated carbocycles. The Bertz CT molecular complexity index is 481. The van der Waals surface area contributed by atoms with Crippen LogP contribution in [0.3, 0.4) is 0 Å². The fourth-order valence-electron chi connectivity index (χ4n) is 1.39. The van der Waals surface area contributed by atoms with Crippen molar-refractivity contribution in [3.8, 4) is 5.75 Å². The van der Waals surface area contributed by atoms with Gasteiger partial charge in [0.25, 0.3) is 0 Å². The number of amides is 1. The average Bonchev–Trinajstić information content (AvgIpc) is 2.24. The highest BCUT2D eigenvalue weighted by atomic mass is 19.3. The molecular formula is C9H6F4N2O3. The van der Waals surface area contributed by atoms with E-state index in [1.54, 1.807) is 0 Å². The molecular weight excluding hydrogens is 260 g/mol. The lowest BCUT2D eigenvalue weighted by Crippen LogP contribution is -2.41. The van der Waals surface area contributed by atoms with Crippen LogP contribution in [0.25, 0.3) is 0 Å². The number of carbonyl (C=O) groups is 1. The molecule has 1 aromatic rings. The van der Waals surface area contributed by atoms with Gasteiger partial charge in [0.05, 0.1) is 11.3 Å². The molecule has 1 aliphatic rings. The Hall–Kier alpha value is -2.03. The van der Waals surface area contributed by atoms with Gasteiger partial charge in [-0.25, -0.2) is 4.74 Å². The summed E-state index contributed by atoms with van der Waals surface area (Å²) in [6.45, 7) is 0. The summed E-state index contributed by atoms with van der Waals surface area (Å²) in [5.41, 5.74) is 3.45. The van der Waals surface area contributed by atoms with E-state index in [0.29, 0.717) is 0 Å². The van der Waals surface area contributed by atoms with Crippen molar-refractivity contribution in [2.75, 3.05) is 5.43 Å². The van der Waals surface area contributed by atoms with Crippen LogP contribution in [0.1, 0.15) is 5.56 Å². The number of fused-ring (bicyclic) bond motifs is 1. The quantitative estimate of drug-likeness (QED) is 0.497. The van der Waals surface area contributed by atoms with Crippen molar-refractivity contribution in [1.29, 1.82) is 0 Å². The van der Waals surface area contributed by atoms with Gasteiger partial charge in [-0.3, -0.25) is 15.6 Å². The molecule has 0 unspecified atom stereocenters. The minimum atomic E-state index is -4.40. The molecule has 9 heteroatoms. The standard InChI is InChI=1S/C9H6F4N2O3/c10-8(11)6-3-5(15-14-4-16)1-2-7(6)17-9(12,13)18-8/h1-4,15H,(H,14,16). The van der Waals surface area contributed by atoms with E-state index in [1.807, 2.05) is 5.43 Å². The zero-order valence-electron chi connectivity index (χ0n) is 8.55. The Labute approximate surface area is 97.6 Å². The Morgan fingerprint density at radius 3 is 2.61 bits per heavy atom. The van der Waals surface area contributed by atoms with E-state index in [0.717, 1.165) is 12.1 Å². The van der Waals surface area contributed by atoms with E-state index in [2.05, 4.69) is 14.9 Å². The SMILES string of the molecule is O=CNNc1ccc2c(c1)C(F)(F)OC(F)(F)O2. The molecule has 5 nitrogen and oxygen atoms in total. The second-order valence-electron chi connectivity index (χ2n) is 3.28. The van der Waals surface area contributed by atoms with E-state index in [4.69, 9.17) is 0 Å². The van der Waals surface area contributed by atoms with Gasteiger partial charge in [0.2, 0.25) is 6.41 Å². The van der Waals surface area contributed by atoms with Crippen molar-refractivity contribution in [3.63, 3.8) is 0 Å². The van der Waals surface area contributed by atoms with Crippen LogP contribution in [0.15, 0.2) is 18.2 Å². The number of rotatable bonds is 3.